The first-order valence-corrected chi connectivity index (χ1v) is 6.75. The van der Waals surface area contributed by atoms with E-state index in [-0.39, 0.29) is 5.56 Å². The number of nitrogens with zero attached hydrogens (tertiary/aromatic N) is 1. The van der Waals surface area contributed by atoms with E-state index >= 15 is 0 Å². The van der Waals surface area contributed by atoms with Crippen LogP contribution in [0.25, 0.3) is 0 Å². The largest absolute Gasteiger partial charge is 0.206 e. The minimum atomic E-state index is -0.666. The molecule has 0 spiro atoms. The van der Waals surface area contributed by atoms with Crippen LogP contribution in [0.5, 0.6) is 0 Å². The van der Waals surface area contributed by atoms with Crippen molar-refractivity contribution in [1.29, 1.82) is 5.26 Å². The normalized spacial score (nSPS) is 9.50. The lowest BCUT2D eigenvalue weighted by atomic mass is 10.1. The predicted molar refractivity (Wildman–Crippen MR) is 82.0 cm³/mol. The number of halogens is 2. The molecule has 0 aliphatic carbocycles. The summed E-state index contributed by atoms with van der Waals surface area (Å²) in [6.45, 7) is 3.58. The van der Waals surface area contributed by atoms with Crippen molar-refractivity contribution >= 4 is 0 Å². The molecule has 0 aliphatic heterocycles. The Balaban J connectivity index is 2.28. The molecular formula is C19H13F2N. The number of benzene rings is 2. The second-order valence-electron chi connectivity index (χ2n) is 4.70. The topological polar surface area (TPSA) is 23.8 Å². The first-order valence-electron chi connectivity index (χ1n) is 6.75. The average molecular weight is 293 g/mol. The lowest BCUT2D eigenvalue weighted by Gasteiger charge is -2.02. The zero-order valence-electron chi connectivity index (χ0n) is 11.9. The van der Waals surface area contributed by atoms with Gasteiger partial charge in [-0.05, 0) is 54.8 Å². The molecule has 0 aromatic heterocycles. The molecule has 2 aromatic carbocycles. The standard InChI is InChI=1S/C19H13F2N/c1-2-3-4-16-11-18(20)17(19(21)12-16)10-9-14-5-7-15(13-22)8-6-14/h2,5-8,11-12H,1,3-4H2. The minimum Gasteiger partial charge on any atom is -0.206 e. The van der Waals surface area contributed by atoms with Crippen LogP contribution in [0.3, 0.4) is 0 Å². The Labute approximate surface area is 128 Å². The quantitative estimate of drug-likeness (QED) is 0.609. The van der Waals surface area contributed by atoms with Crippen molar-refractivity contribution in [2.45, 2.75) is 12.8 Å². The maximum Gasteiger partial charge on any atom is 0.142 e. The molecular weight excluding hydrogens is 280 g/mol. The first kappa shape index (κ1) is 15.5. The molecule has 0 radical (unpaired) electrons. The summed E-state index contributed by atoms with van der Waals surface area (Å²) < 4.78 is 27.9. The van der Waals surface area contributed by atoms with E-state index in [4.69, 9.17) is 5.26 Å². The molecule has 0 heterocycles. The molecule has 22 heavy (non-hydrogen) atoms. The number of aryl methyl sites for hydroxylation is 1. The van der Waals surface area contributed by atoms with Crippen molar-refractivity contribution in [1.82, 2.24) is 0 Å². The SMILES string of the molecule is C=CCCc1cc(F)c(C#Cc2ccc(C#N)cc2)c(F)c1. The molecule has 3 heteroatoms. The molecule has 0 saturated carbocycles. The van der Waals surface area contributed by atoms with Crippen LogP contribution in [-0.2, 0) is 6.42 Å². The van der Waals surface area contributed by atoms with Gasteiger partial charge in [0.1, 0.15) is 11.6 Å². The number of nitriles is 1. The molecule has 0 N–H and O–H groups in total. The van der Waals surface area contributed by atoms with Crippen LogP contribution in [0.2, 0.25) is 0 Å². The van der Waals surface area contributed by atoms with Gasteiger partial charge in [-0.2, -0.15) is 5.26 Å². The van der Waals surface area contributed by atoms with Gasteiger partial charge < -0.3 is 0 Å². The number of hydrogen-bond acceptors (Lipinski definition) is 1. The van der Waals surface area contributed by atoms with Crippen LogP contribution >= 0.6 is 0 Å². The Kier molecular flexibility index (Phi) is 5.07. The van der Waals surface area contributed by atoms with Gasteiger partial charge in [-0.1, -0.05) is 17.9 Å². The van der Waals surface area contributed by atoms with Crippen molar-refractivity contribution in [3.05, 3.63) is 82.9 Å². The van der Waals surface area contributed by atoms with E-state index < -0.39 is 11.6 Å². The molecule has 0 unspecified atom stereocenters. The Bertz CT molecular complexity index is 764. The zero-order chi connectivity index (χ0) is 15.9. The van der Waals surface area contributed by atoms with E-state index in [1.807, 2.05) is 6.07 Å². The van der Waals surface area contributed by atoms with Crippen molar-refractivity contribution in [2.24, 2.45) is 0 Å². The monoisotopic (exact) mass is 293 g/mol. The van der Waals surface area contributed by atoms with Crippen LogP contribution in [0, 0.1) is 34.8 Å². The highest BCUT2D eigenvalue weighted by molar-refractivity contribution is 5.46. The Morgan fingerprint density at radius 3 is 2.14 bits per heavy atom. The molecule has 2 rings (SSSR count). The summed E-state index contributed by atoms with van der Waals surface area (Å²) in [5, 5.41) is 8.71. The third kappa shape index (κ3) is 3.81. The summed E-state index contributed by atoms with van der Waals surface area (Å²) in [4.78, 5) is 0. The summed E-state index contributed by atoms with van der Waals surface area (Å²) >= 11 is 0. The van der Waals surface area contributed by atoms with Crippen molar-refractivity contribution in [2.75, 3.05) is 0 Å². The highest BCUT2D eigenvalue weighted by Gasteiger charge is 2.08. The minimum absolute atomic E-state index is 0.244. The Morgan fingerprint density at radius 1 is 1.00 bits per heavy atom. The second-order valence-corrected chi connectivity index (χ2v) is 4.70. The van der Waals surface area contributed by atoms with Gasteiger partial charge in [-0.3, -0.25) is 0 Å². The molecule has 0 aliphatic rings. The molecule has 0 fully saturated rings. The Morgan fingerprint density at radius 2 is 1.59 bits per heavy atom. The third-order valence-electron chi connectivity index (χ3n) is 3.08. The molecule has 0 saturated heterocycles. The van der Waals surface area contributed by atoms with E-state index in [9.17, 15) is 8.78 Å². The summed E-state index contributed by atoms with van der Waals surface area (Å²) in [6.07, 6.45) is 2.91. The summed E-state index contributed by atoms with van der Waals surface area (Å²) in [5.41, 5.74) is 1.44. The molecule has 2 aromatic rings. The highest BCUT2D eigenvalue weighted by Crippen LogP contribution is 2.16. The van der Waals surface area contributed by atoms with Crippen LogP contribution in [-0.4, -0.2) is 0 Å². The average Bonchev–Trinajstić information content (AvgIpc) is 2.52. The third-order valence-corrected chi connectivity index (χ3v) is 3.08. The van der Waals surface area contributed by atoms with Crippen LogP contribution < -0.4 is 0 Å². The maximum atomic E-state index is 13.9. The number of rotatable bonds is 3. The van der Waals surface area contributed by atoms with E-state index in [1.165, 1.54) is 12.1 Å². The van der Waals surface area contributed by atoms with Gasteiger partial charge in [0, 0.05) is 5.56 Å². The molecule has 0 amide bonds. The molecule has 0 bridgehead atoms. The maximum absolute atomic E-state index is 13.9. The molecule has 1 nitrogen and oxygen atoms in total. The van der Waals surface area contributed by atoms with Crippen molar-refractivity contribution < 1.29 is 8.78 Å². The van der Waals surface area contributed by atoms with Crippen LogP contribution in [0.15, 0.2) is 49.1 Å². The van der Waals surface area contributed by atoms with Gasteiger partial charge in [-0.15, -0.1) is 6.58 Å². The van der Waals surface area contributed by atoms with E-state index in [1.54, 1.807) is 30.3 Å². The van der Waals surface area contributed by atoms with Gasteiger partial charge in [0.2, 0.25) is 0 Å². The fraction of sp³-hybridized carbons (Fsp3) is 0.105. The lowest BCUT2D eigenvalue weighted by Crippen LogP contribution is -1.95. The zero-order valence-corrected chi connectivity index (χ0v) is 11.9. The Hall–Kier alpha value is -2.91. The van der Waals surface area contributed by atoms with Crippen molar-refractivity contribution in [3.8, 4) is 17.9 Å². The molecule has 108 valence electrons. The smallest absolute Gasteiger partial charge is 0.142 e. The highest BCUT2D eigenvalue weighted by atomic mass is 19.1. The second kappa shape index (κ2) is 7.20. The van der Waals surface area contributed by atoms with Gasteiger partial charge in [0.15, 0.2) is 0 Å². The fourth-order valence-electron chi connectivity index (χ4n) is 1.92. The van der Waals surface area contributed by atoms with Crippen molar-refractivity contribution in [3.63, 3.8) is 0 Å². The summed E-state index contributed by atoms with van der Waals surface area (Å²) in [6, 6.07) is 11.1. The van der Waals surface area contributed by atoms with Crippen LogP contribution in [0.1, 0.15) is 28.7 Å². The first-order chi connectivity index (χ1) is 10.6. The number of hydrogen-bond donors (Lipinski definition) is 0. The van der Waals surface area contributed by atoms with Crippen LogP contribution in [0.4, 0.5) is 8.78 Å². The predicted octanol–water partition coefficient (Wildman–Crippen LogP) is 4.35. The van der Waals surface area contributed by atoms with Gasteiger partial charge >= 0.3 is 0 Å². The molecule has 0 atom stereocenters. The summed E-state index contributed by atoms with van der Waals surface area (Å²) in [5.74, 6) is 3.88. The van der Waals surface area contributed by atoms with E-state index in [2.05, 4.69) is 18.4 Å². The van der Waals surface area contributed by atoms with E-state index in [0.717, 1.165) is 0 Å². The van der Waals surface area contributed by atoms with Gasteiger partial charge in [0.05, 0.1) is 17.2 Å². The fourth-order valence-corrected chi connectivity index (χ4v) is 1.92. The van der Waals surface area contributed by atoms with Gasteiger partial charge in [0.25, 0.3) is 0 Å². The van der Waals surface area contributed by atoms with E-state index in [0.29, 0.717) is 29.5 Å². The number of allylic oxidation sites excluding steroid dienone is 1. The lowest BCUT2D eigenvalue weighted by molar-refractivity contribution is 0.574. The van der Waals surface area contributed by atoms with Gasteiger partial charge in [-0.25, -0.2) is 8.78 Å². The summed E-state index contributed by atoms with van der Waals surface area (Å²) in [7, 11) is 0.